The smallest absolute Gasteiger partial charge is 0.164 e. The average molecular weight is 690 g/mol. The molecule has 0 saturated heterocycles. The lowest BCUT2D eigenvalue weighted by atomic mass is 9.59. The van der Waals surface area contributed by atoms with Crippen molar-refractivity contribution in [1.29, 1.82) is 0 Å². The van der Waals surface area contributed by atoms with Gasteiger partial charge in [-0.1, -0.05) is 114 Å². The van der Waals surface area contributed by atoms with Gasteiger partial charge in [-0.2, -0.15) is 0 Å². The highest BCUT2D eigenvalue weighted by molar-refractivity contribution is 6.68. The number of rotatable bonds is 5. The molecule has 0 saturated carbocycles. The van der Waals surface area contributed by atoms with Crippen molar-refractivity contribution in [1.82, 2.24) is 19.5 Å². The van der Waals surface area contributed by atoms with Crippen LogP contribution in [0, 0.1) is 0 Å². The van der Waals surface area contributed by atoms with E-state index in [1.807, 2.05) is 103 Å². The van der Waals surface area contributed by atoms with Crippen molar-refractivity contribution < 1.29 is 4.42 Å². The maximum absolute atomic E-state index is 6.61. The molecule has 5 nitrogen and oxygen atoms in total. The van der Waals surface area contributed by atoms with E-state index in [0.717, 1.165) is 66.1 Å². The normalized spacial score (nSPS) is 11.6. The zero-order valence-electron chi connectivity index (χ0n) is 29.4. The van der Waals surface area contributed by atoms with Crippen LogP contribution in [0.5, 0.6) is 0 Å². The number of fused-ring (bicyclic) bond motifs is 6. The summed E-state index contributed by atoms with van der Waals surface area (Å²) >= 11 is 0. The van der Waals surface area contributed by atoms with Crippen LogP contribution >= 0.6 is 0 Å². The Morgan fingerprint density at radius 1 is 0.400 bits per heavy atom. The monoisotopic (exact) mass is 690 g/mol. The highest BCUT2D eigenvalue weighted by atomic mass is 16.3. The van der Waals surface area contributed by atoms with Crippen LogP contribution in [0.15, 0.2) is 144 Å². The van der Waals surface area contributed by atoms with E-state index in [0.29, 0.717) is 28.6 Å². The molecule has 0 bridgehead atoms. The fraction of sp³-hybridized carbons (Fsp3) is 0. The van der Waals surface area contributed by atoms with Crippen LogP contribution in [0.1, 0.15) is 0 Å². The number of aromatic nitrogens is 4. The van der Waals surface area contributed by atoms with Gasteiger partial charge >= 0.3 is 0 Å². The molecule has 0 aliphatic rings. The molecule has 10 radical (unpaired) electrons. The first-order chi connectivity index (χ1) is 26.9. The lowest BCUT2D eigenvalue weighted by molar-refractivity contribution is 0.669. The number of hydrogen-bond acceptors (Lipinski definition) is 4. The van der Waals surface area contributed by atoms with Gasteiger partial charge in [-0.25, -0.2) is 15.0 Å². The largest absolute Gasteiger partial charge is 0.456 e. The van der Waals surface area contributed by atoms with Gasteiger partial charge in [0.25, 0.3) is 0 Å². The van der Waals surface area contributed by atoms with E-state index in [-0.39, 0.29) is 27.3 Å². The van der Waals surface area contributed by atoms with Crippen LogP contribution in [0.3, 0.4) is 0 Å². The van der Waals surface area contributed by atoms with Crippen LogP contribution < -0.4 is 27.3 Å². The standard InChI is InChI=1S/C45H23B5N4O/c46-38-36(39(47)41(49)42(50)40(38)48)26-18-20-29-28-14-7-8-15-31(28)54(33(29)22-26)32-16-9-17-34-37(32)30-21-19-27(23-35(30)55-34)45-52-43(24-10-3-1-4-11-24)51-44(53-45)25-12-5-2-6-13-25/h1-23H. The maximum Gasteiger partial charge on any atom is 0.164 e. The molecule has 10 heteroatoms. The van der Waals surface area contributed by atoms with E-state index in [9.17, 15) is 0 Å². The number of para-hydroxylation sites is 1. The molecule has 55 heavy (non-hydrogen) atoms. The van der Waals surface area contributed by atoms with Crippen molar-refractivity contribution in [3.63, 3.8) is 0 Å². The summed E-state index contributed by atoms with van der Waals surface area (Å²) in [6.45, 7) is 0. The van der Waals surface area contributed by atoms with E-state index >= 15 is 0 Å². The maximum atomic E-state index is 6.61. The minimum Gasteiger partial charge on any atom is -0.456 e. The number of benzene rings is 7. The Labute approximate surface area is 323 Å². The average Bonchev–Trinajstić information content (AvgIpc) is 3.78. The van der Waals surface area contributed by atoms with Crippen molar-refractivity contribution in [2.75, 3.05) is 0 Å². The fourth-order valence-corrected chi connectivity index (χ4v) is 7.62. The third-order valence-electron chi connectivity index (χ3n) is 10.3. The lowest BCUT2D eigenvalue weighted by Gasteiger charge is -2.21. The molecule has 10 aromatic rings. The molecule has 0 amide bonds. The molecule has 0 N–H and O–H groups in total. The highest BCUT2D eigenvalue weighted by Gasteiger charge is 2.21. The Morgan fingerprint density at radius 2 is 0.945 bits per heavy atom. The molecule has 3 aromatic heterocycles. The zero-order chi connectivity index (χ0) is 37.4. The van der Waals surface area contributed by atoms with Gasteiger partial charge in [0.05, 0.1) is 22.1 Å². The van der Waals surface area contributed by atoms with E-state index in [4.69, 9.17) is 58.6 Å². The molecule has 7 aromatic carbocycles. The first-order valence-corrected chi connectivity index (χ1v) is 17.7. The number of furan rings is 1. The first-order valence-electron chi connectivity index (χ1n) is 17.7. The van der Waals surface area contributed by atoms with Crippen molar-refractivity contribution in [2.45, 2.75) is 0 Å². The van der Waals surface area contributed by atoms with Gasteiger partial charge in [-0.15, -0.1) is 16.4 Å². The summed E-state index contributed by atoms with van der Waals surface area (Å²) < 4.78 is 8.86. The Balaban J connectivity index is 1.18. The molecule has 0 unspecified atom stereocenters. The van der Waals surface area contributed by atoms with Crippen LogP contribution in [-0.2, 0) is 0 Å². The molecule has 0 spiro atoms. The SMILES string of the molecule is [B]c1c([B])c([B])c(-c2ccc3c4ccccc4n(-c4cccc5oc6cc(-c7nc(-c8ccccc8)nc(-c8ccccc8)n7)ccc6c45)c3c2)c([B])c1[B]. The fourth-order valence-electron chi connectivity index (χ4n) is 7.62. The van der Waals surface area contributed by atoms with Crippen molar-refractivity contribution in [3.05, 3.63) is 140 Å². The van der Waals surface area contributed by atoms with E-state index in [1.165, 1.54) is 0 Å². The second kappa shape index (κ2) is 12.8. The summed E-state index contributed by atoms with van der Waals surface area (Å²) in [6, 6.07) is 46.5. The first kappa shape index (κ1) is 33.1. The molecule has 244 valence electrons. The van der Waals surface area contributed by atoms with Crippen LogP contribution in [-0.4, -0.2) is 58.8 Å². The summed E-state index contributed by atoms with van der Waals surface area (Å²) in [6.07, 6.45) is 0. The van der Waals surface area contributed by atoms with Gasteiger partial charge in [0.1, 0.15) is 50.4 Å². The van der Waals surface area contributed by atoms with Crippen LogP contribution in [0.4, 0.5) is 0 Å². The van der Waals surface area contributed by atoms with E-state index < -0.39 is 0 Å². The van der Waals surface area contributed by atoms with Crippen molar-refractivity contribution in [2.24, 2.45) is 0 Å². The van der Waals surface area contributed by atoms with Crippen LogP contribution in [0.25, 0.3) is 94.7 Å². The Kier molecular flexibility index (Phi) is 7.70. The van der Waals surface area contributed by atoms with Gasteiger partial charge in [0.2, 0.25) is 0 Å². The van der Waals surface area contributed by atoms with Crippen molar-refractivity contribution >= 4 is 110 Å². The van der Waals surface area contributed by atoms with Gasteiger partial charge in [0, 0.05) is 32.8 Å². The molecule has 10 rings (SSSR count). The summed E-state index contributed by atoms with van der Waals surface area (Å²) in [4.78, 5) is 14.7. The summed E-state index contributed by atoms with van der Waals surface area (Å²) in [5.41, 5.74) is 9.46. The minimum absolute atomic E-state index is 0.180. The summed E-state index contributed by atoms with van der Waals surface area (Å²) in [5.74, 6) is 1.73. The lowest BCUT2D eigenvalue weighted by Crippen LogP contribution is -2.55. The Morgan fingerprint density at radius 3 is 1.62 bits per heavy atom. The van der Waals surface area contributed by atoms with Gasteiger partial charge < -0.3 is 8.98 Å². The molecule has 0 fully saturated rings. The summed E-state index contributed by atoms with van der Waals surface area (Å²) in [5, 5.41) is 4.05. The molecule has 0 aliphatic heterocycles. The third kappa shape index (κ3) is 5.27. The molecule has 3 heterocycles. The second-order valence-corrected chi connectivity index (χ2v) is 13.5. The Bertz CT molecular complexity index is 3070. The number of nitrogens with zero attached hydrogens (tertiary/aromatic N) is 4. The third-order valence-corrected chi connectivity index (χ3v) is 10.3. The van der Waals surface area contributed by atoms with Gasteiger partial charge in [0.15, 0.2) is 17.5 Å². The van der Waals surface area contributed by atoms with E-state index in [1.54, 1.807) is 0 Å². The van der Waals surface area contributed by atoms with Gasteiger partial charge in [-0.05, 0) is 47.5 Å². The zero-order valence-corrected chi connectivity index (χ0v) is 29.4. The molecule has 0 atom stereocenters. The second-order valence-electron chi connectivity index (χ2n) is 13.5. The molecular weight excluding hydrogens is 667 g/mol. The van der Waals surface area contributed by atoms with Crippen molar-refractivity contribution in [3.8, 4) is 51.0 Å². The predicted molar refractivity (Wildman–Crippen MR) is 230 cm³/mol. The highest BCUT2D eigenvalue weighted by Crippen LogP contribution is 2.40. The minimum atomic E-state index is 0.180. The molecular formula is C45H23B5N4O. The number of hydrogen-bond donors (Lipinski definition) is 0. The van der Waals surface area contributed by atoms with Crippen LogP contribution in [0.2, 0.25) is 0 Å². The Hall–Kier alpha value is -6.53. The summed E-state index contributed by atoms with van der Waals surface area (Å²) in [7, 11) is 31.8. The predicted octanol–water partition coefficient (Wildman–Crippen LogP) is 5.51. The quantitative estimate of drug-likeness (QED) is 0.224. The van der Waals surface area contributed by atoms with Gasteiger partial charge in [-0.3, -0.25) is 0 Å². The topological polar surface area (TPSA) is 56.7 Å². The molecule has 0 aliphatic carbocycles. The van der Waals surface area contributed by atoms with E-state index in [2.05, 4.69) is 41.0 Å².